The molecule has 0 unspecified atom stereocenters. The number of Topliss-reactive ketones (excluding diaryl/α,β-unsaturated/α-hetero) is 1. The third-order valence-electron chi connectivity index (χ3n) is 2.76. The first-order valence-corrected chi connectivity index (χ1v) is 6.42. The molecule has 1 aromatic rings. The summed E-state index contributed by atoms with van der Waals surface area (Å²) in [5.41, 5.74) is 0. The zero-order valence-corrected chi connectivity index (χ0v) is 10.2. The summed E-state index contributed by atoms with van der Waals surface area (Å²) in [6.45, 7) is 3.08. The smallest absolute Gasteiger partial charge is 0.264 e. The lowest BCUT2D eigenvalue weighted by Crippen LogP contribution is -2.39. The fourth-order valence-electron chi connectivity index (χ4n) is 1.85. The molecule has 0 aliphatic carbocycles. The van der Waals surface area contributed by atoms with Gasteiger partial charge in [0.15, 0.2) is 5.78 Å². The highest BCUT2D eigenvalue weighted by molar-refractivity contribution is 7.14. The van der Waals surface area contributed by atoms with Crippen molar-refractivity contribution < 1.29 is 9.59 Å². The molecule has 1 aromatic heterocycles. The van der Waals surface area contributed by atoms with Crippen LogP contribution in [0.25, 0.3) is 0 Å². The van der Waals surface area contributed by atoms with E-state index < -0.39 is 0 Å². The van der Waals surface area contributed by atoms with E-state index in [0.717, 1.165) is 17.7 Å². The second-order valence-corrected chi connectivity index (χ2v) is 5.16. The number of piperidine rings is 1. The highest BCUT2D eigenvalue weighted by atomic mass is 32.1. The summed E-state index contributed by atoms with van der Waals surface area (Å²) in [4.78, 5) is 27.0. The molecule has 1 amide bonds. The van der Waals surface area contributed by atoms with Gasteiger partial charge in [0.25, 0.3) is 5.91 Å². The Hall–Kier alpha value is -1.16. The highest BCUT2D eigenvalue weighted by Crippen LogP contribution is 2.20. The fraction of sp³-hybridized carbons (Fsp3) is 0.500. The van der Waals surface area contributed by atoms with Gasteiger partial charge in [0.1, 0.15) is 0 Å². The lowest BCUT2D eigenvalue weighted by molar-refractivity contribution is -0.121. The number of nitrogens with zero attached hydrogens (tertiary/aromatic N) is 1. The van der Waals surface area contributed by atoms with Crippen molar-refractivity contribution in [2.24, 2.45) is 0 Å². The Labute approximate surface area is 99.1 Å². The van der Waals surface area contributed by atoms with Crippen molar-refractivity contribution in [2.45, 2.75) is 26.2 Å². The molecule has 0 radical (unpaired) electrons. The van der Waals surface area contributed by atoms with Crippen LogP contribution in [0, 0.1) is 0 Å². The van der Waals surface area contributed by atoms with Crippen LogP contribution in [0.2, 0.25) is 0 Å². The number of carbonyl (C=O) groups excluding carboxylic acids is 2. The molecule has 0 saturated carbocycles. The third-order valence-corrected chi connectivity index (χ3v) is 3.98. The fourth-order valence-corrected chi connectivity index (χ4v) is 2.77. The number of rotatable bonds is 2. The quantitative estimate of drug-likeness (QED) is 0.790. The van der Waals surface area contributed by atoms with Crippen molar-refractivity contribution in [3.05, 3.63) is 21.9 Å². The SMILES string of the molecule is CCc1ccc(C(=O)N2CCCC(=O)C2)s1. The standard InChI is InChI=1S/C12H15NO2S/c1-2-10-5-6-11(16-10)12(15)13-7-3-4-9(14)8-13/h5-6H,2-4,7-8H2,1H3. The van der Waals surface area contributed by atoms with Crippen LogP contribution in [0.4, 0.5) is 0 Å². The van der Waals surface area contributed by atoms with Crippen LogP contribution in [-0.4, -0.2) is 29.7 Å². The van der Waals surface area contributed by atoms with Gasteiger partial charge >= 0.3 is 0 Å². The van der Waals surface area contributed by atoms with Crippen LogP contribution in [0.3, 0.4) is 0 Å². The third kappa shape index (κ3) is 2.32. The first kappa shape index (κ1) is 11.3. The zero-order chi connectivity index (χ0) is 11.5. The zero-order valence-electron chi connectivity index (χ0n) is 9.36. The summed E-state index contributed by atoms with van der Waals surface area (Å²) in [7, 11) is 0. The molecule has 2 rings (SSSR count). The first-order valence-electron chi connectivity index (χ1n) is 5.60. The highest BCUT2D eigenvalue weighted by Gasteiger charge is 2.23. The van der Waals surface area contributed by atoms with Crippen LogP contribution >= 0.6 is 11.3 Å². The second-order valence-electron chi connectivity index (χ2n) is 3.99. The lowest BCUT2D eigenvalue weighted by atomic mass is 10.1. The molecule has 0 N–H and O–H groups in total. The molecule has 86 valence electrons. The van der Waals surface area contributed by atoms with Gasteiger partial charge in [-0.3, -0.25) is 9.59 Å². The molecular formula is C12H15NO2S. The molecule has 4 heteroatoms. The van der Waals surface area contributed by atoms with Crippen molar-refractivity contribution in [1.82, 2.24) is 4.90 Å². The van der Waals surface area contributed by atoms with Crippen molar-refractivity contribution >= 4 is 23.0 Å². The van der Waals surface area contributed by atoms with E-state index in [1.54, 1.807) is 4.90 Å². The molecule has 1 saturated heterocycles. The molecule has 0 atom stereocenters. The molecule has 2 heterocycles. The number of amides is 1. The normalized spacial score (nSPS) is 16.6. The van der Waals surface area contributed by atoms with Gasteiger partial charge in [-0.25, -0.2) is 0 Å². The van der Waals surface area contributed by atoms with E-state index in [9.17, 15) is 9.59 Å². The Morgan fingerprint density at radius 1 is 1.50 bits per heavy atom. The van der Waals surface area contributed by atoms with Crippen molar-refractivity contribution in [3.8, 4) is 0 Å². The Balaban J connectivity index is 2.09. The maximum atomic E-state index is 12.1. The van der Waals surface area contributed by atoms with Crippen LogP contribution in [0.5, 0.6) is 0 Å². The maximum absolute atomic E-state index is 12.1. The molecular weight excluding hydrogens is 222 g/mol. The molecule has 0 spiro atoms. The molecule has 3 nitrogen and oxygen atoms in total. The van der Waals surface area contributed by atoms with Gasteiger partial charge in [-0.05, 0) is 25.0 Å². The maximum Gasteiger partial charge on any atom is 0.264 e. The van der Waals surface area contributed by atoms with Crippen LogP contribution in [0.15, 0.2) is 12.1 Å². The lowest BCUT2D eigenvalue weighted by Gasteiger charge is -2.25. The Bertz CT molecular complexity index is 411. The summed E-state index contributed by atoms with van der Waals surface area (Å²) in [5.74, 6) is 0.185. The number of thiophene rings is 1. The Kier molecular flexibility index (Phi) is 3.39. The molecule has 1 fully saturated rings. The van der Waals surface area contributed by atoms with E-state index >= 15 is 0 Å². The molecule has 0 aromatic carbocycles. The average Bonchev–Trinajstić information content (AvgIpc) is 2.76. The van der Waals surface area contributed by atoms with E-state index in [0.29, 0.717) is 13.0 Å². The predicted octanol–water partition coefficient (Wildman–Crippen LogP) is 2.12. The number of likely N-dealkylation sites (tertiary alicyclic amines) is 1. The average molecular weight is 237 g/mol. The van der Waals surface area contributed by atoms with E-state index in [1.165, 1.54) is 16.2 Å². The van der Waals surface area contributed by atoms with Gasteiger partial charge in [0.2, 0.25) is 0 Å². The van der Waals surface area contributed by atoms with Gasteiger partial charge in [0.05, 0.1) is 11.4 Å². The van der Waals surface area contributed by atoms with Crippen LogP contribution in [0.1, 0.15) is 34.3 Å². The van der Waals surface area contributed by atoms with E-state index in [2.05, 4.69) is 6.92 Å². The number of aryl methyl sites for hydroxylation is 1. The number of hydrogen-bond donors (Lipinski definition) is 0. The van der Waals surface area contributed by atoms with Gasteiger partial charge in [-0.15, -0.1) is 11.3 Å². The Morgan fingerprint density at radius 3 is 2.94 bits per heavy atom. The largest absolute Gasteiger partial charge is 0.331 e. The van der Waals surface area contributed by atoms with E-state index in [4.69, 9.17) is 0 Å². The minimum Gasteiger partial charge on any atom is -0.331 e. The number of hydrogen-bond acceptors (Lipinski definition) is 3. The summed E-state index contributed by atoms with van der Waals surface area (Å²) < 4.78 is 0. The summed E-state index contributed by atoms with van der Waals surface area (Å²) >= 11 is 1.53. The Morgan fingerprint density at radius 2 is 2.31 bits per heavy atom. The van der Waals surface area contributed by atoms with E-state index in [-0.39, 0.29) is 18.2 Å². The van der Waals surface area contributed by atoms with E-state index in [1.807, 2.05) is 12.1 Å². The molecule has 16 heavy (non-hydrogen) atoms. The van der Waals surface area contributed by atoms with Crippen molar-refractivity contribution in [3.63, 3.8) is 0 Å². The van der Waals surface area contributed by atoms with Crippen molar-refractivity contribution in [2.75, 3.05) is 13.1 Å². The van der Waals surface area contributed by atoms with Crippen molar-refractivity contribution in [1.29, 1.82) is 0 Å². The minimum atomic E-state index is 0.0118. The van der Waals surface area contributed by atoms with Crippen LogP contribution in [-0.2, 0) is 11.2 Å². The van der Waals surface area contributed by atoms with Gasteiger partial charge in [0, 0.05) is 17.8 Å². The molecule has 1 aliphatic heterocycles. The molecule has 1 aliphatic rings. The number of ketones is 1. The summed E-state index contributed by atoms with van der Waals surface area (Å²) in [5, 5.41) is 0. The van der Waals surface area contributed by atoms with Gasteiger partial charge < -0.3 is 4.90 Å². The van der Waals surface area contributed by atoms with Gasteiger partial charge in [-0.2, -0.15) is 0 Å². The monoisotopic (exact) mass is 237 g/mol. The first-order chi connectivity index (χ1) is 7.70. The van der Waals surface area contributed by atoms with Crippen LogP contribution < -0.4 is 0 Å². The predicted molar refractivity (Wildman–Crippen MR) is 63.8 cm³/mol. The second kappa shape index (κ2) is 4.78. The summed E-state index contributed by atoms with van der Waals surface area (Å²) in [6.07, 6.45) is 2.38. The summed E-state index contributed by atoms with van der Waals surface area (Å²) in [6, 6.07) is 3.86. The number of carbonyl (C=O) groups is 2. The van der Waals surface area contributed by atoms with Gasteiger partial charge in [-0.1, -0.05) is 6.92 Å². The minimum absolute atomic E-state index is 0.0118. The topological polar surface area (TPSA) is 37.4 Å². The molecule has 0 bridgehead atoms.